The number of hydrogen-bond donors (Lipinski definition) is 1. The third-order valence-corrected chi connectivity index (χ3v) is 5.94. The second kappa shape index (κ2) is 6.22. The number of piperidine rings is 1. The van der Waals surface area contributed by atoms with Gasteiger partial charge in [0, 0.05) is 18.0 Å². The van der Waals surface area contributed by atoms with Crippen molar-refractivity contribution in [1.82, 2.24) is 4.90 Å². The van der Waals surface area contributed by atoms with Gasteiger partial charge in [0.2, 0.25) is 5.60 Å². The van der Waals surface area contributed by atoms with E-state index in [0.29, 0.717) is 12.1 Å². The lowest BCUT2D eigenvalue weighted by atomic mass is 9.86. The number of carbonyl (C=O) groups is 1. The predicted molar refractivity (Wildman–Crippen MR) is 84.0 cm³/mol. The highest BCUT2D eigenvalue weighted by Crippen LogP contribution is 2.38. The van der Waals surface area contributed by atoms with E-state index >= 15 is 0 Å². The highest BCUT2D eigenvalue weighted by Gasteiger charge is 2.48. The van der Waals surface area contributed by atoms with Crippen LogP contribution in [-0.4, -0.2) is 46.8 Å². The smallest absolute Gasteiger partial charge is 0.351 e. The molecular weight excluding hydrogens is 278 g/mol. The molecule has 3 unspecified atom stereocenters. The van der Waals surface area contributed by atoms with Crippen molar-refractivity contribution in [3.63, 3.8) is 0 Å². The summed E-state index contributed by atoms with van der Waals surface area (Å²) in [4.78, 5) is 15.0. The van der Waals surface area contributed by atoms with E-state index in [-0.39, 0.29) is 12.0 Å². The second-order valence-corrected chi connectivity index (χ2v) is 7.11. The number of fused-ring (bicyclic) bond motifs is 2. The van der Waals surface area contributed by atoms with E-state index < -0.39 is 11.6 Å². The average Bonchev–Trinajstić information content (AvgIpc) is 3.09. The molecule has 22 heavy (non-hydrogen) atoms. The molecule has 3 aliphatic rings. The summed E-state index contributed by atoms with van der Waals surface area (Å²) in [5, 5.41) is 10.9. The van der Waals surface area contributed by atoms with Gasteiger partial charge < -0.3 is 9.84 Å². The molecule has 4 nitrogen and oxygen atoms in total. The molecule has 0 aromatic carbocycles. The normalized spacial score (nSPS) is 34.8. The van der Waals surface area contributed by atoms with Gasteiger partial charge in [0.05, 0.1) is 0 Å². The van der Waals surface area contributed by atoms with E-state index in [1.54, 1.807) is 6.92 Å². The highest BCUT2D eigenvalue weighted by atomic mass is 16.6. The van der Waals surface area contributed by atoms with Crippen LogP contribution in [0.5, 0.6) is 0 Å². The first-order valence-electron chi connectivity index (χ1n) is 8.65. The van der Waals surface area contributed by atoms with Crippen LogP contribution in [-0.2, 0) is 9.53 Å². The van der Waals surface area contributed by atoms with Crippen LogP contribution in [0.2, 0.25) is 0 Å². The number of rotatable bonds is 3. The second-order valence-electron chi connectivity index (χ2n) is 7.11. The van der Waals surface area contributed by atoms with Crippen molar-refractivity contribution in [3.05, 3.63) is 0 Å². The number of aliphatic hydroxyl groups is 1. The van der Waals surface area contributed by atoms with Crippen LogP contribution in [0.4, 0.5) is 0 Å². The first-order chi connectivity index (χ1) is 10.6. The number of esters is 1. The Hall–Kier alpha value is -1.05. The SMILES string of the molecule is CC#CC(O)(C(=O)O[C@@H]1CCC2CCC1N2C)C1CCCC1. The quantitative estimate of drug-likeness (QED) is 0.641. The molecule has 1 N–H and O–H groups in total. The molecule has 0 aromatic heterocycles. The molecule has 0 aromatic rings. The van der Waals surface area contributed by atoms with Gasteiger partial charge in [0.25, 0.3) is 0 Å². The molecule has 0 radical (unpaired) electrons. The fraction of sp³-hybridized carbons (Fsp3) is 0.833. The molecule has 3 rings (SSSR count). The van der Waals surface area contributed by atoms with Gasteiger partial charge in [-0.25, -0.2) is 4.79 Å². The van der Waals surface area contributed by atoms with E-state index in [9.17, 15) is 9.90 Å². The molecule has 1 aliphatic carbocycles. The summed E-state index contributed by atoms with van der Waals surface area (Å²) in [5.41, 5.74) is -1.61. The molecule has 3 fully saturated rings. The average molecular weight is 305 g/mol. The fourth-order valence-electron chi connectivity index (χ4n) is 4.61. The Morgan fingerprint density at radius 2 is 1.86 bits per heavy atom. The van der Waals surface area contributed by atoms with Crippen LogP contribution in [0.3, 0.4) is 0 Å². The number of carbonyl (C=O) groups excluding carboxylic acids is 1. The van der Waals surface area contributed by atoms with Crippen molar-refractivity contribution in [3.8, 4) is 11.8 Å². The molecule has 1 saturated carbocycles. The summed E-state index contributed by atoms with van der Waals surface area (Å²) >= 11 is 0. The van der Waals surface area contributed by atoms with E-state index in [1.165, 1.54) is 6.42 Å². The lowest BCUT2D eigenvalue weighted by Crippen LogP contribution is -2.51. The molecule has 0 spiro atoms. The summed E-state index contributed by atoms with van der Waals surface area (Å²) < 4.78 is 5.79. The Morgan fingerprint density at radius 1 is 1.18 bits per heavy atom. The van der Waals surface area contributed by atoms with Crippen molar-refractivity contribution in [2.75, 3.05) is 7.05 Å². The Morgan fingerprint density at radius 3 is 2.55 bits per heavy atom. The molecule has 2 bridgehead atoms. The van der Waals surface area contributed by atoms with Crippen molar-refractivity contribution in [2.24, 2.45) is 5.92 Å². The lowest BCUT2D eigenvalue weighted by molar-refractivity contribution is -0.174. The van der Waals surface area contributed by atoms with Crippen molar-refractivity contribution < 1.29 is 14.6 Å². The summed E-state index contributed by atoms with van der Waals surface area (Å²) in [5.74, 6) is 4.90. The van der Waals surface area contributed by atoms with Crippen molar-refractivity contribution in [1.29, 1.82) is 0 Å². The molecule has 2 heterocycles. The third kappa shape index (κ3) is 2.66. The zero-order valence-electron chi connectivity index (χ0n) is 13.7. The molecule has 2 aliphatic heterocycles. The lowest BCUT2D eigenvalue weighted by Gasteiger charge is -2.38. The number of ether oxygens (including phenoxy) is 1. The maximum atomic E-state index is 12.7. The van der Waals surface area contributed by atoms with Gasteiger partial charge >= 0.3 is 5.97 Å². The minimum Gasteiger partial charge on any atom is -0.458 e. The zero-order chi connectivity index (χ0) is 15.7. The summed E-state index contributed by atoms with van der Waals surface area (Å²) in [7, 11) is 2.12. The van der Waals surface area contributed by atoms with Crippen molar-refractivity contribution in [2.45, 2.75) is 82.1 Å². The van der Waals surface area contributed by atoms with Crippen LogP contribution in [0.15, 0.2) is 0 Å². The van der Waals surface area contributed by atoms with Gasteiger partial charge in [-0.3, -0.25) is 4.90 Å². The molecular formula is C18H27NO3. The van der Waals surface area contributed by atoms with Crippen molar-refractivity contribution >= 4 is 5.97 Å². The van der Waals surface area contributed by atoms with E-state index in [0.717, 1.165) is 44.9 Å². The maximum absolute atomic E-state index is 12.7. The fourth-order valence-corrected chi connectivity index (χ4v) is 4.61. The van der Waals surface area contributed by atoms with Crippen LogP contribution >= 0.6 is 0 Å². The number of likely N-dealkylation sites (N-methyl/N-ethyl adjacent to an activating group) is 1. The number of hydrogen-bond acceptors (Lipinski definition) is 4. The van der Waals surface area contributed by atoms with Gasteiger partial charge in [-0.2, -0.15) is 0 Å². The van der Waals surface area contributed by atoms with Crippen LogP contribution < -0.4 is 0 Å². The standard InChI is InChI=1S/C18H27NO3/c1-3-12-18(21,13-6-4-5-7-13)17(20)22-16-11-9-14-8-10-15(16)19(14)2/h13-16,21H,4-11H2,1-2H3/t14?,15?,16-,18?/m1/s1. The Labute approximate surface area is 133 Å². The highest BCUT2D eigenvalue weighted by molar-refractivity contribution is 5.84. The molecule has 4 heteroatoms. The van der Waals surface area contributed by atoms with E-state index in [2.05, 4.69) is 23.8 Å². The molecule has 122 valence electrons. The zero-order valence-corrected chi connectivity index (χ0v) is 13.7. The topological polar surface area (TPSA) is 49.8 Å². The Balaban J connectivity index is 1.72. The van der Waals surface area contributed by atoms with Gasteiger partial charge in [0.1, 0.15) is 6.10 Å². The third-order valence-electron chi connectivity index (χ3n) is 5.94. The molecule has 4 atom stereocenters. The largest absolute Gasteiger partial charge is 0.458 e. The Kier molecular flexibility index (Phi) is 4.47. The van der Waals surface area contributed by atoms with E-state index in [4.69, 9.17) is 4.74 Å². The van der Waals surface area contributed by atoms with Crippen LogP contribution in [0, 0.1) is 17.8 Å². The van der Waals surface area contributed by atoms with Crippen LogP contribution in [0.1, 0.15) is 58.3 Å². The van der Waals surface area contributed by atoms with Gasteiger partial charge in [-0.05, 0) is 52.5 Å². The van der Waals surface area contributed by atoms with Gasteiger partial charge in [0.15, 0.2) is 0 Å². The molecule has 2 saturated heterocycles. The van der Waals surface area contributed by atoms with Gasteiger partial charge in [-0.1, -0.05) is 18.8 Å². The number of nitrogens with zero attached hydrogens (tertiary/aromatic N) is 1. The Bertz CT molecular complexity index is 488. The minimum absolute atomic E-state index is 0.0786. The van der Waals surface area contributed by atoms with E-state index in [1.807, 2.05) is 0 Å². The monoisotopic (exact) mass is 305 g/mol. The minimum atomic E-state index is -1.61. The summed E-state index contributed by atoms with van der Waals surface area (Å²) in [6, 6.07) is 0.953. The van der Waals surface area contributed by atoms with Crippen LogP contribution in [0.25, 0.3) is 0 Å². The van der Waals surface area contributed by atoms with Gasteiger partial charge in [-0.15, -0.1) is 5.92 Å². The molecule has 0 amide bonds. The first-order valence-corrected chi connectivity index (χ1v) is 8.65. The summed E-state index contributed by atoms with van der Waals surface area (Å²) in [6.07, 6.45) is 7.99. The predicted octanol–water partition coefficient (Wildman–Crippen LogP) is 2.10. The summed E-state index contributed by atoms with van der Waals surface area (Å²) in [6.45, 7) is 1.67. The first kappa shape index (κ1) is 15.8. The maximum Gasteiger partial charge on any atom is 0.351 e.